The summed E-state index contributed by atoms with van der Waals surface area (Å²) in [5.74, 6) is -0.857. The summed E-state index contributed by atoms with van der Waals surface area (Å²) < 4.78 is 14.5. The van der Waals surface area contributed by atoms with Crippen LogP contribution in [0.15, 0.2) is 41.5 Å². The number of aromatic nitrogens is 1. The molecule has 2 aromatic rings. The third-order valence-corrected chi connectivity index (χ3v) is 4.75. The minimum atomic E-state index is -1.11. The standard InChI is InChI=1S/C20H21FN4O2/c1-12-4-7-16(23-11-12)17(26)9-13-5-6-15(21)14(8-13)20(2)10-18(27)25(3)19(22)24-20/h4-8,11H,9-10H2,1-3H3,(H2,22,24). The lowest BCUT2D eigenvalue weighted by atomic mass is 9.85. The molecule has 2 heterocycles. The Bertz CT molecular complexity index is 939. The van der Waals surface area contributed by atoms with Crippen molar-refractivity contribution in [2.24, 2.45) is 10.7 Å². The number of hydrogen-bond donors (Lipinski definition) is 1. The number of nitrogens with two attached hydrogens (primary N) is 1. The average Bonchev–Trinajstić information content (AvgIpc) is 2.61. The first-order valence-corrected chi connectivity index (χ1v) is 8.56. The number of amides is 1. The second kappa shape index (κ2) is 6.90. The van der Waals surface area contributed by atoms with E-state index >= 15 is 0 Å². The van der Waals surface area contributed by atoms with Crippen molar-refractivity contribution in [2.75, 3.05) is 7.05 Å². The number of aliphatic imine (C=N–C) groups is 1. The quantitative estimate of drug-likeness (QED) is 0.839. The van der Waals surface area contributed by atoms with Crippen LogP contribution in [-0.4, -0.2) is 34.6 Å². The number of nitrogens with zero attached hydrogens (tertiary/aromatic N) is 3. The van der Waals surface area contributed by atoms with E-state index in [0.717, 1.165) is 5.56 Å². The van der Waals surface area contributed by atoms with Crippen LogP contribution in [0.3, 0.4) is 0 Å². The van der Waals surface area contributed by atoms with E-state index in [4.69, 9.17) is 5.73 Å². The van der Waals surface area contributed by atoms with Gasteiger partial charge >= 0.3 is 0 Å². The highest BCUT2D eigenvalue weighted by Gasteiger charge is 2.38. The van der Waals surface area contributed by atoms with Gasteiger partial charge in [0.15, 0.2) is 11.7 Å². The average molecular weight is 368 g/mol. The van der Waals surface area contributed by atoms with Gasteiger partial charge in [-0.25, -0.2) is 9.38 Å². The molecule has 0 radical (unpaired) electrons. The summed E-state index contributed by atoms with van der Waals surface area (Å²) in [7, 11) is 1.53. The third-order valence-electron chi connectivity index (χ3n) is 4.75. The van der Waals surface area contributed by atoms with Crippen LogP contribution in [0.25, 0.3) is 0 Å². The summed E-state index contributed by atoms with van der Waals surface area (Å²) in [4.78, 5) is 34.3. The lowest BCUT2D eigenvalue weighted by molar-refractivity contribution is -0.128. The highest BCUT2D eigenvalue weighted by Crippen LogP contribution is 2.35. The SMILES string of the molecule is Cc1ccc(C(=O)Cc2ccc(F)c(C3(C)CC(=O)N(C)C(N)=N3)c2)nc1. The van der Waals surface area contributed by atoms with Gasteiger partial charge in [-0.2, -0.15) is 0 Å². The van der Waals surface area contributed by atoms with Crippen molar-refractivity contribution in [1.29, 1.82) is 0 Å². The van der Waals surface area contributed by atoms with E-state index < -0.39 is 11.4 Å². The lowest BCUT2D eigenvalue weighted by Crippen LogP contribution is -2.47. The Morgan fingerprint density at radius 1 is 1.33 bits per heavy atom. The Morgan fingerprint density at radius 3 is 2.70 bits per heavy atom. The zero-order valence-corrected chi connectivity index (χ0v) is 15.5. The predicted molar refractivity (Wildman–Crippen MR) is 99.8 cm³/mol. The molecule has 0 saturated carbocycles. The van der Waals surface area contributed by atoms with Gasteiger partial charge in [0.25, 0.3) is 0 Å². The molecule has 2 N–H and O–H groups in total. The van der Waals surface area contributed by atoms with Crippen molar-refractivity contribution in [1.82, 2.24) is 9.88 Å². The molecule has 1 aromatic heterocycles. The van der Waals surface area contributed by atoms with E-state index in [1.54, 1.807) is 31.3 Å². The van der Waals surface area contributed by atoms with Crippen LogP contribution in [0.2, 0.25) is 0 Å². The van der Waals surface area contributed by atoms with Crippen LogP contribution in [-0.2, 0) is 16.8 Å². The maximum Gasteiger partial charge on any atom is 0.231 e. The second-order valence-corrected chi connectivity index (χ2v) is 7.01. The highest BCUT2D eigenvalue weighted by atomic mass is 19.1. The normalized spacial score (nSPS) is 19.8. The van der Waals surface area contributed by atoms with Crippen molar-refractivity contribution in [3.63, 3.8) is 0 Å². The van der Waals surface area contributed by atoms with Crippen LogP contribution >= 0.6 is 0 Å². The Hall–Kier alpha value is -3.09. The second-order valence-electron chi connectivity index (χ2n) is 7.01. The number of benzene rings is 1. The largest absolute Gasteiger partial charge is 0.369 e. The fraction of sp³-hybridized carbons (Fsp3) is 0.300. The van der Waals surface area contributed by atoms with Crippen molar-refractivity contribution in [3.05, 3.63) is 64.7 Å². The van der Waals surface area contributed by atoms with Gasteiger partial charge in [-0.3, -0.25) is 19.5 Å². The van der Waals surface area contributed by atoms with Gasteiger partial charge in [0.2, 0.25) is 5.91 Å². The number of aryl methyl sites for hydroxylation is 1. The van der Waals surface area contributed by atoms with Crippen LogP contribution in [0.1, 0.15) is 40.5 Å². The molecule has 0 spiro atoms. The van der Waals surface area contributed by atoms with Gasteiger partial charge in [0, 0.05) is 25.2 Å². The molecule has 140 valence electrons. The van der Waals surface area contributed by atoms with E-state index in [1.807, 2.05) is 13.0 Å². The van der Waals surface area contributed by atoms with Crippen molar-refractivity contribution in [2.45, 2.75) is 32.2 Å². The number of guanidine groups is 1. The summed E-state index contributed by atoms with van der Waals surface area (Å²) in [6, 6.07) is 7.91. The summed E-state index contributed by atoms with van der Waals surface area (Å²) in [6.45, 7) is 3.56. The molecule has 1 unspecified atom stereocenters. The number of ketones is 1. The number of carbonyl (C=O) groups is 2. The van der Waals surface area contributed by atoms with E-state index in [-0.39, 0.29) is 36.1 Å². The molecule has 1 aromatic carbocycles. The number of halogens is 1. The molecule has 1 atom stereocenters. The fourth-order valence-corrected chi connectivity index (χ4v) is 3.07. The van der Waals surface area contributed by atoms with Gasteiger partial charge in [-0.05, 0) is 43.2 Å². The minimum Gasteiger partial charge on any atom is -0.369 e. The molecule has 0 bridgehead atoms. The zero-order valence-electron chi connectivity index (χ0n) is 15.5. The van der Waals surface area contributed by atoms with E-state index in [9.17, 15) is 14.0 Å². The molecule has 1 aliphatic heterocycles. The molecule has 1 aliphatic rings. The van der Waals surface area contributed by atoms with Crippen LogP contribution < -0.4 is 5.73 Å². The Balaban J connectivity index is 1.92. The molecule has 0 fully saturated rings. The Kier molecular flexibility index (Phi) is 4.78. The Morgan fingerprint density at radius 2 is 2.07 bits per heavy atom. The molecular weight excluding hydrogens is 347 g/mol. The van der Waals surface area contributed by atoms with E-state index in [2.05, 4.69) is 9.98 Å². The maximum atomic E-state index is 14.5. The smallest absolute Gasteiger partial charge is 0.231 e. The van der Waals surface area contributed by atoms with Gasteiger partial charge < -0.3 is 5.73 Å². The first-order valence-electron chi connectivity index (χ1n) is 8.56. The fourth-order valence-electron chi connectivity index (χ4n) is 3.07. The van der Waals surface area contributed by atoms with Crippen molar-refractivity contribution < 1.29 is 14.0 Å². The van der Waals surface area contributed by atoms with E-state index in [1.165, 1.54) is 18.0 Å². The summed E-state index contributed by atoms with van der Waals surface area (Å²) >= 11 is 0. The van der Waals surface area contributed by atoms with Crippen LogP contribution in [0, 0.1) is 12.7 Å². The number of rotatable bonds is 4. The monoisotopic (exact) mass is 368 g/mol. The van der Waals surface area contributed by atoms with Gasteiger partial charge in [0.05, 0.1) is 12.0 Å². The topological polar surface area (TPSA) is 88.7 Å². The molecule has 27 heavy (non-hydrogen) atoms. The minimum absolute atomic E-state index is 0.00195. The van der Waals surface area contributed by atoms with Gasteiger partial charge in [-0.15, -0.1) is 0 Å². The number of carbonyl (C=O) groups excluding carboxylic acids is 2. The first kappa shape index (κ1) is 18.7. The number of hydrogen-bond acceptors (Lipinski definition) is 5. The van der Waals surface area contributed by atoms with Crippen molar-refractivity contribution >= 4 is 17.6 Å². The van der Waals surface area contributed by atoms with Crippen molar-refractivity contribution in [3.8, 4) is 0 Å². The summed E-state index contributed by atoms with van der Waals surface area (Å²) in [5, 5.41) is 0. The number of pyridine rings is 1. The summed E-state index contributed by atoms with van der Waals surface area (Å²) in [5.41, 5.74) is 6.89. The predicted octanol–water partition coefficient (Wildman–Crippen LogP) is 2.35. The van der Waals surface area contributed by atoms with Gasteiger partial charge in [-0.1, -0.05) is 12.1 Å². The molecule has 0 aliphatic carbocycles. The van der Waals surface area contributed by atoms with Crippen LogP contribution in [0.4, 0.5) is 4.39 Å². The van der Waals surface area contributed by atoms with Gasteiger partial charge in [0.1, 0.15) is 11.5 Å². The number of Topliss-reactive ketones (excluding diaryl/α,β-unsaturated/α-hetero) is 1. The molecule has 7 heteroatoms. The molecule has 0 saturated heterocycles. The maximum absolute atomic E-state index is 14.5. The molecule has 3 rings (SSSR count). The zero-order chi connectivity index (χ0) is 19.8. The first-order chi connectivity index (χ1) is 12.7. The lowest BCUT2D eigenvalue weighted by Gasteiger charge is -2.34. The molecule has 1 amide bonds. The molecule has 6 nitrogen and oxygen atoms in total. The Labute approximate surface area is 156 Å². The molecular formula is C20H21FN4O2. The van der Waals surface area contributed by atoms with Crippen LogP contribution in [0.5, 0.6) is 0 Å². The summed E-state index contributed by atoms with van der Waals surface area (Å²) in [6.07, 6.45) is 1.70. The third kappa shape index (κ3) is 3.72. The highest BCUT2D eigenvalue weighted by molar-refractivity contribution is 5.99. The van der Waals surface area contributed by atoms with E-state index in [0.29, 0.717) is 11.3 Å².